The Balaban J connectivity index is 1.62. The van der Waals surface area contributed by atoms with Crippen LogP contribution in [0, 0.1) is 0 Å². The highest BCUT2D eigenvalue weighted by Gasteiger charge is 2.14. The van der Waals surface area contributed by atoms with Crippen molar-refractivity contribution in [2.75, 3.05) is 26.9 Å². The summed E-state index contributed by atoms with van der Waals surface area (Å²) in [7, 11) is 2.01. The molecule has 6 heteroatoms. The highest BCUT2D eigenvalue weighted by atomic mass is 16.7. The number of nitrogens with zero attached hydrogens (tertiary/aromatic N) is 2. The number of benzene rings is 2. The number of rotatable bonds is 6. The van der Waals surface area contributed by atoms with E-state index in [4.69, 9.17) is 14.5 Å². The van der Waals surface area contributed by atoms with Crippen LogP contribution in [0.3, 0.4) is 0 Å². The van der Waals surface area contributed by atoms with Crippen molar-refractivity contribution in [3.63, 3.8) is 0 Å². The number of phenols is 1. The first-order valence-electron chi connectivity index (χ1n) is 8.81. The maximum Gasteiger partial charge on any atom is 0.231 e. The van der Waals surface area contributed by atoms with Gasteiger partial charge in [-0.1, -0.05) is 18.2 Å². The zero-order valence-electron chi connectivity index (χ0n) is 15.2. The molecule has 0 radical (unpaired) electrons. The second-order valence-corrected chi connectivity index (χ2v) is 6.20. The first-order valence-corrected chi connectivity index (χ1v) is 8.81. The molecule has 0 unspecified atom stereocenters. The Morgan fingerprint density at radius 2 is 2.00 bits per heavy atom. The average Bonchev–Trinajstić information content (AvgIpc) is 3.09. The van der Waals surface area contributed by atoms with Gasteiger partial charge in [-0.25, -0.2) is 0 Å². The van der Waals surface area contributed by atoms with E-state index in [0.717, 1.165) is 41.6 Å². The molecule has 2 aromatic rings. The number of phenolic OH excluding ortho intramolecular Hbond substituents is 1. The van der Waals surface area contributed by atoms with E-state index >= 15 is 0 Å². The zero-order valence-corrected chi connectivity index (χ0v) is 15.2. The summed E-state index contributed by atoms with van der Waals surface area (Å²) in [5.41, 5.74) is 2.21. The van der Waals surface area contributed by atoms with Crippen molar-refractivity contribution in [1.82, 2.24) is 10.2 Å². The summed E-state index contributed by atoms with van der Waals surface area (Å²) in [6.45, 7) is 4.51. The SMILES string of the molecule is CCNC(=NCCc1cccc(O)c1)N(C)Cc1ccc2c(c1)OCO2. The van der Waals surface area contributed by atoms with Crippen LogP contribution in [0.15, 0.2) is 47.5 Å². The topological polar surface area (TPSA) is 66.3 Å². The van der Waals surface area contributed by atoms with Crippen LogP contribution < -0.4 is 14.8 Å². The normalized spacial score (nSPS) is 12.9. The van der Waals surface area contributed by atoms with Gasteiger partial charge in [-0.3, -0.25) is 4.99 Å². The van der Waals surface area contributed by atoms with Gasteiger partial charge >= 0.3 is 0 Å². The lowest BCUT2D eigenvalue weighted by atomic mass is 10.1. The number of fused-ring (bicyclic) bond motifs is 1. The Labute approximate surface area is 154 Å². The molecule has 0 aliphatic carbocycles. The lowest BCUT2D eigenvalue weighted by Crippen LogP contribution is -2.38. The fourth-order valence-electron chi connectivity index (χ4n) is 2.86. The first-order chi connectivity index (χ1) is 12.7. The summed E-state index contributed by atoms with van der Waals surface area (Å²) in [5, 5.41) is 12.9. The van der Waals surface area contributed by atoms with Crippen molar-refractivity contribution >= 4 is 5.96 Å². The molecule has 3 rings (SSSR count). The van der Waals surface area contributed by atoms with Crippen molar-refractivity contribution in [2.24, 2.45) is 4.99 Å². The standard InChI is InChI=1S/C20H25N3O3/c1-3-21-20(22-10-9-15-5-4-6-17(24)11-15)23(2)13-16-7-8-18-19(12-16)26-14-25-18/h4-8,11-12,24H,3,9-10,13-14H2,1-2H3,(H,21,22). The van der Waals surface area contributed by atoms with Crippen LogP contribution in [0.5, 0.6) is 17.2 Å². The van der Waals surface area contributed by atoms with E-state index in [1.807, 2.05) is 37.4 Å². The smallest absolute Gasteiger partial charge is 0.231 e. The number of hydrogen-bond acceptors (Lipinski definition) is 4. The lowest BCUT2D eigenvalue weighted by Gasteiger charge is -2.22. The molecule has 0 saturated carbocycles. The molecular formula is C20H25N3O3. The molecule has 26 heavy (non-hydrogen) atoms. The van der Waals surface area contributed by atoms with Crippen molar-refractivity contribution in [3.8, 4) is 17.2 Å². The van der Waals surface area contributed by atoms with Crippen LogP contribution in [-0.2, 0) is 13.0 Å². The van der Waals surface area contributed by atoms with Gasteiger partial charge < -0.3 is 24.8 Å². The highest BCUT2D eigenvalue weighted by Crippen LogP contribution is 2.32. The molecule has 1 aliphatic heterocycles. The molecule has 0 aromatic heterocycles. The molecular weight excluding hydrogens is 330 g/mol. The third-order valence-electron chi connectivity index (χ3n) is 4.13. The summed E-state index contributed by atoms with van der Waals surface area (Å²) in [4.78, 5) is 6.79. The predicted octanol–water partition coefficient (Wildman–Crippen LogP) is 2.76. The van der Waals surface area contributed by atoms with Gasteiger partial charge in [-0.2, -0.15) is 0 Å². The third-order valence-corrected chi connectivity index (χ3v) is 4.13. The van der Waals surface area contributed by atoms with E-state index < -0.39 is 0 Å². The Bertz CT molecular complexity index is 777. The first kappa shape index (κ1) is 17.9. The van der Waals surface area contributed by atoms with E-state index in [1.54, 1.807) is 12.1 Å². The van der Waals surface area contributed by atoms with Crippen LogP contribution in [0.1, 0.15) is 18.1 Å². The maximum absolute atomic E-state index is 9.55. The number of nitrogens with one attached hydrogen (secondary N) is 1. The van der Waals surface area contributed by atoms with Gasteiger partial charge in [0, 0.05) is 26.7 Å². The van der Waals surface area contributed by atoms with Gasteiger partial charge in [0.25, 0.3) is 0 Å². The third kappa shape index (κ3) is 4.59. The number of hydrogen-bond donors (Lipinski definition) is 2. The molecule has 0 bridgehead atoms. The van der Waals surface area contributed by atoms with Gasteiger partial charge in [-0.15, -0.1) is 0 Å². The monoisotopic (exact) mass is 355 g/mol. The quantitative estimate of drug-likeness (QED) is 0.616. The van der Waals surface area contributed by atoms with E-state index in [9.17, 15) is 5.11 Å². The molecule has 138 valence electrons. The minimum absolute atomic E-state index is 0.285. The molecule has 1 aliphatic rings. The predicted molar refractivity (Wildman–Crippen MR) is 102 cm³/mol. The van der Waals surface area contributed by atoms with Crippen LogP contribution in [0.25, 0.3) is 0 Å². The summed E-state index contributed by atoms with van der Waals surface area (Å²) >= 11 is 0. The van der Waals surface area contributed by atoms with E-state index in [0.29, 0.717) is 18.8 Å². The second kappa shape index (κ2) is 8.47. The molecule has 0 atom stereocenters. The van der Waals surface area contributed by atoms with Crippen LogP contribution in [0.2, 0.25) is 0 Å². The Hall–Kier alpha value is -2.89. The van der Waals surface area contributed by atoms with Gasteiger partial charge in [0.1, 0.15) is 5.75 Å². The minimum atomic E-state index is 0.285. The Morgan fingerprint density at radius 3 is 2.81 bits per heavy atom. The summed E-state index contributed by atoms with van der Waals surface area (Å²) < 4.78 is 10.8. The highest BCUT2D eigenvalue weighted by molar-refractivity contribution is 5.79. The molecule has 0 saturated heterocycles. The zero-order chi connectivity index (χ0) is 18.4. The van der Waals surface area contributed by atoms with Crippen molar-refractivity contribution in [2.45, 2.75) is 19.9 Å². The minimum Gasteiger partial charge on any atom is -0.508 e. The number of ether oxygens (including phenoxy) is 2. The molecule has 2 N–H and O–H groups in total. The molecule has 6 nitrogen and oxygen atoms in total. The summed E-state index contributed by atoms with van der Waals surface area (Å²) in [6.07, 6.45) is 0.779. The van der Waals surface area contributed by atoms with Gasteiger partial charge in [0.05, 0.1) is 0 Å². The van der Waals surface area contributed by atoms with Crippen LogP contribution >= 0.6 is 0 Å². The van der Waals surface area contributed by atoms with Crippen molar-refractivity contribution in [1.29, 1.82) is 0 Å². The van der Waals surface area contributed by atoms with E-state index in [2.05, 4.69) is 17.1 Å². The molecule has 0 spiro atoms. The van der Waals surface area contributed by atoms with Crippen molar-refractivity contribution in [3.05, 3.63) is 53.6 Å². The fourth-order valence-corrected chi connectivity index (χ4v) is 2.86. The molecule has 2 aromatic carbocycles. The van der Waals surface area contributed by atoms with Gasteiger partial charge in [0.15, 0.2) is 17.5 Å². The largest absolute Gasteiger partial charge is 0.508 e. The molecule has 0 fully saturated rings. The van der Waals surface area contributed by atoms with Gasteiger partial charge in [-0.05, 0) is 48.7 Å². The Kier molecular flexibility index (Phi) is 5.84. The Morgan fingerprint density at radius 1 is 1.15 bits per heavy atom. The van der Waals surface area contributed by atoms with Crippen LogP contribution in [-0.4, -0.2) is 42.9 Å². The van der Waals surface area contributed by atoms with Crippen molar-refractivity contribution < 1.29 is 14.6 Å². The molecule has 1 heterocycles. The average molecular weight is 355 g/mol. The number of guanidine groups is 1. The molecule has 0 amide bonds. The lowest BCUT2D eigenvalue weighted by molar-refractivity contribution is 0.174. The number of aromatic hydroxyl groups is 1. The van der Waals surface area contributed by atoms with Gasteiger partial charge in [0.2, 0.25) is 6.79 Å². The summed E-state index contributed by atoms with van der Waals surface area (Å²) in [6, 6.07) is 13.3. The second-order valence-electron chi connectivity index (χ2n) is 6.20. The van der Waals surface area contributed by atoms with E-state index in [1.165, 1.54) is 0 Å². The van der Waals surface area contributed by atoms with E-state index in [-0.39, 0.29) is 6.79 Å². The van der Waals surface area contributed by atoms with Crippen LogP contribution in [0.4, 0.5) is 0 Å². The maximum atomic E-state index is 9.55. The fraction of sp³-hybridized carbons (Fsp3) is 0.350. The number of aliphatic imine (C=N–C) groups is 1. The summed E-state index contributed by atoms with van der Waals surface area (Å²) in [5.74, 6) is 2.73.